The molecule has 2 fully saturated rings. The number of hydrogen-bond acceptors (Lipinski definition) is 3. The van der Waals surface area contributed by atoms with E-state index < -0.39 is 17.9 Å². The molecule has 0 N–H and O–H groups in total. The normalized spacial score (nSPS) is 26.2. The van der Waals surface area contributed by atoms with E-state index in [-0.39, 0.29) is 17.8 Å². The first-order valence-corrected chi connectivity index (χ1v) is 6.99. The first kappa shape index (κ1) is 14.2. The van der Waals surface area contributed by atoms with E-state index in [1.165, 1.54) is 12.1 Å². The quantitative estimate of drug-likeness (QED) is 0.798. The fraction of sp³-hybridized carbons (Fsp3) is 0.571. The number of piperazine rings is 1. The third-order valence-electron chi connectivity index (χ3n) is 4.21. The Kier molecular flexibility index (Phi) is 3.30. The summed E-state index contributed by atoms with van der Waals surface area (Å²) in [4.78, 5) is 19.5. The maximum Gasteiger partial charge on any atom is 0.433 e. The molecule has 3 heterocycles. The van der Waals surface area contributed by atoms with Crippen LogP contribution in [0, 0.1) is 0 Å². The number of hydrogen-bond donors (Lipinski definition) is 0. The molecule has 0 saturated carbocycles. The Morgan fingerprint density at radius 1 is 1.29 bits per heavy atom. The van der Waals surface area contributed by atoms with E-state index in [0.29, 0.717) is 6.54 Å². The predicted octanol–water partition coefficient (Wildman–Crippen LogP) is 2.30. The fourth-order valence-electron chi connectivity index (χ4n) is 3.11. The molecule has 1 amide bonds. The van der Waals surface area contributed by atoms with Gasteiger partial charge in [0.1, 0.15) is 17.6 Å². The molecule has 1 aromatic rings. The maximum atomic E-state index is 12.8. The highest BCUT2D eigenvalue weighted by Gasteiger charge is 2.41. The number of carbonyl (C=O) groups is 1. The monoisotopic (exact) mass is 299 g/mol. The number of alkyl halides is 3. The SMILES string of the molecule is C[C@H]1C(=O)N2CCC[C@@H]2CN1c1cccc(C(F)(F)F)n1. The van der Waals surface area contributed by atoms with Crippen LogP contribution in [0.15, 0.2) is 18.2 Å². The molecule has 0 unspecified atom stereocenters. The van der Waals surface area contributed by atoms with Gasteiger partial charge in [-0.2, -0.15) is 13.2 Å². The van der Waals surface area contributed by atoms with Gasteiger partial charge in [-0.3, -0.25) is 4.79 Å². The van der Waals surface area contributed by atoms with Crippen LogP contribution in [-0.4, -0.2) is 41.0 Å². The van der Waals surface area contributed by atoms with Crippen LogP contribution >= 0.6 is 0 Å². The number of nitrogens with zero attached hydrogens (tertiary/aromatic N) is 3. The highest BCUT2D eigenvalue weighted by molar-refractivity contribution is 5.86. The average Bonchev–Trinajstić information content (AvgIpc) is 2.90. The molecule has 2 aliphatic rings. The molecule has 0 radical (unpaired) electrons. The first-order chi connectivity index (χ1) is 9.88. The largest absolute Gasteiger partial charge is 0.433 e. The number of pyridine rings is 1. The lowest BCUT2D eigenvalue weighted by molar-refractivity contribution is -0.141. The Balaban J connectivity index is 1.91. The van der Waals surface area contributed by atoms with Crippen molar-refractivity contribution in [2.24, 2.45) is 0 Å². The molecule has 2 aliphatic heterocycles. The summed E-state index contributed by atoms with van der Waals surface area (Å²) >= 11 is 0. The van der Waals surface area contributed by atoms with Gasteiger partial charge in [-0.25, -0.2) is 4.98 Å². The fourth-order valence-corrected chi connectivity index (χ4v) is 3.11. The van der Waals surface area contributed by atoms with Gasteiger partial charge in [-0.05, 0) is 31.9 Å². The van der Waals surface area contributed by atoms with Crippen molar-refractivity contribution in [3.63, 3.8) is 0 Å². The van der Waals surface area contributed by atoms with Crippen molar-refractivity contribution in [1.82, 2.24) is 9.88 Å². The standard InChI is InChI=1S/C14H16F3N3O/c1-9-13(21)19-7-3-4-10(19)8-20(9)12-6-2-5-11(18-12)14(15,16)17/h2,5-6,9-10H,3-4,7-8H2,1H3/t9-,10+/m0/s1. The van der Waals surface area contributed by atoms with Crippen molar-refractivity contribution in [3.8, 4) is 0 Å². The Bertz CT molecular complexity index is 561. The summed E-state index contributed by atoms with van der Waals surface area (Å²) < 4.78 is 38.3. The highest BCUT2D eigenvalue weighted by Crippen LogP contribution is 2.32. The van der Waals surface area contributed by atoms with Crippen LogP contribution in [-0.2, 0) is 11.0 Å². The summed E-state index contributed by atoms with van der Waals surface area (Å²) in [7, 11) is 0. The molecule has 0 aromatic carbocycles. The van der Waals surface area contributed by atoms with E-state index in [9.17, 15) is 18.0 Å². The summed E-state index contributed by atoms with van der Waals surface area (Å²) in [6.45, 7) is 3.01. The minimum Gasteiger partial charge on any atom is -0.343 e. The zero-order valence-corrected chi connectivity index (χ0v) is 11.6. The molecule has 0 bridgehead atoms. The van der Waals surface area contributed by atoms with Gasteiger partial charge >= 0.3 is 6.18 Å². The van der Waals surface area contributed by atoms with E-state index >= 15 is 0 Å². The molecule has 3 rings (SSSR count). The second-order valence-corrected chi connectivity index (χ2v) is 5.53. The number of aromatic nitrogens is 1. The lowest BCUT2D eigenvalue weighted by atomic mass is 10.1. The minimum atomic E-state index is -4.47. The number of halogens is 3. The summed E-state index contributed by atoms with van der Waals surface area (Å²) in [5.41, 5.74) is -0.923. The zero-order valence-electron chi connectivity index (χ0n) is 11.6. The average molecular weight is 299 g/mol. The Hall–Kier alpha value is -1.79. The first-order valence-electron chi connectivity index (χ1n) is 6.99. The van der Waals surface area contributed by atoms with Crippen molar-refractivity contribution < 1.29 is 18.0 Å². The molecule has 114 valence electrons. The van der Waals surface area contributed by atoms with Crippen molar-refractivity contribution >= 4 is 11.7 Å². The lowest BCUT2D eigenvalue weighted by Gasteiger charge is -2.42. The molecular weight excluding hydrogens is 283 g/mol. The number of anilines is 1. The van der Waals surface area contributed by atoms with Crippen LogP contribution in [0.2, 0.25) is 0 Å². The Morgan fingerprint density at radius 2 is 2.05 bits per heavy atom. The second-order valence-electron chi connectivity index (χ2n) is 5.53. The summed E-state index contributed by atoms with van der Waals surface area (Å²) in [6.07, 6.45) is -2.63. The van der Waals surface area contributed by atoms with E-state index in [0.717, 1.165) is 25.5 Å². The van der Waals surface area contributed by atoms with Gasteiger partial charge in [0.25, 0.3) is 0 Å². The maximum absolute atomic E-state index is 12.8. The third-order valence-corrected chi connectivity index (χ3v) is 4.21. The van der Waals surface area contributed by atoms with Gasteiger partial charge < -0.3 is 9.80 Å². The van der Waals surface area contributed by atoms with E-state index in [4.69, 9.17) is 0 Å². The second kappa shape index (κ2) is 4.89. The highest BCUT2D eigenvalue weighted by atomic mass is 19.4. The lowest BCUT2D eigenvalue weighted by Crippen LogP contribution is -2.59. The van der Waals surface area contributed by atoms with Crippen LogP contribution in [0.4, 0.5) is 19.0 Å². The van der Waals surface area contributed by atoms with Gasteiger partial charge in [-0.1, -0.05) is 6.07 Å². The molecule has 0 aliphatic carbocycles. The van der Waals surface area contributed by atoms with Crippen LogP contribution in [0.3, 0.4) is 0 Å². The molecule has 7 heteroatoms. The van der Waals surface area contributed by atoms with Gasteiger partial charge in [-0.15, -0.1) is 0 Å². The van der Waals surface area contributed by atoms with E-state index in [1.807, 2.05) is 4.90 Å². The Morgan fingerprint density at radius 3 is 2.76 bits per heavy atom. The predicted molar refractivity (Wildman–Crippen MR) is 70.8 cm³/mol. The molecule has 2 saturated heterocycles. The van der Waals surface area contributed by atoms with Gasteiger partial charge in [0.2, 0.25) is 5.91 Å². The van der Waals surface area contributed by atoms with Crippen molar-refractivity contribution in [1.29, 1.82) is 0 Å². The molecule has 2 atom stereocenters. The zero-order chi connectivity index (χ0) is 15.2. The van der Waals surface area contributed by atoms with E-state index in [1.54, 1.807) is 11.8 Å². The van der Waals surface area contributed by atoms with Crippen LogP contribution < -0.4 is 4.90 Å². The van der Waals surface area contributed by atoms with Crippen molar-refractivity contribution in [2.45, 2.75) is 38.0 Å². The van der Waals surface area contributed by atoms with Crippen LogP contribution in [0.1, 0.15) is 25.5 Å². The molecule has 4 nitrogen and oxygen atoms in total. The van der Waals surface area contributed by atoms with Gasteiger partial charge in [0.15, 0.2) is 0 Å². The molecule has 0 spiro atoms. The summed E-state index contributed by atoms with van der Waals surface area (Å²) in [5, 5.41) is 0. The number of carbonyl (C=O) groups excluding carboxylic acids is 1. The smallest absolute Gasteiger partial charge is 0.343 e. The summed E-state index contributed by atoms with van der Waals surface area (Å²) in [6, 6.07) is 3.43. The Labute approximate surface area is 120 Å². The summed E-state index contributed by atoms with van der Waals surface area (Å²) in [5.74, 6) is 0.195. The topological polar surface area (TPSA) is 36.4 Å². The van der Waals surface area contributed by atoms with Crippen molar-refractivity contribution in [2.75, 3.05) is 18.0 Å². The molecular formula is C14H16F3N3O. The van der Waals surface area contributed by atoms with Crippen molar-refractivity contribution in [3.05, 3.63) is 23.9 Å². The molecule has 21 heavy (non-hydrogen) atoms. The molecule has 1 aromatic heterocycles. The third kappa shape index (κ3) is 2.45. The van der Waals surface area contributed by atoms with Gasteiger partial charge in [0, 0.05) is 19.1 Å². The van der Waals surface area contributed by atoms with E-state index in [2.05, 4.69) is 4.98 Å². The number of fused-ring (bicyclic) bond motifs is 1. The van der Waals surface area contributed by atoms with Gasteiger partial charge in [0.05, 0.1) is 0 Å². The number of rotatable bonds is 1. The minimum absolute atomic E-state index is 0.0250. The van der Waals surface area contributed by atoms with Crippen LogP contribution in [0.25, 0.3) is 0 Å². The number of amides is 1. The van der Waals surface area contributed by atoms with Crippen LogP contribution in [0.5, 0.6) is 0 Å².